The van der Waals surface area contributed by atoms with Crippen molar-refractivity contribution >= 4 is 11.6 Å². The summed E-state index contributed by atoms with van der Waals surface area (Å²) < 4.78 is 5.93. The van der Waals surface area contributed by atoms with Gasteiger partial charge in [-0.05, 0) is 69.5 Å². The van der Waals surface area contributed by atoms with E-state index in [9.17, 15) is 4.79 Å². The number of carbonyl (C=O) groups excluding carboxylic acids is 1. The summed E-state index contributed by atoms with van der Waals surface area (Å²) in [6.45, 7) is 9.34. The topological polar surface area (TPSA) is 48.7 Å². The van der Waals surface area contributed by atoms with Crippen LogP contribution in [0.2, 0.25) is 0 Å². The number of piperidine rings is 1. The smallest absolute Gasteiger partial charge is 0.287 e. The van der Waals surface area contributed by atoms with Gasteiger partial charge in [-0.15, -0.1) is 0 Å². The molecule has 5 heteroatoms. The van der Waals surface area contributed by atoms with Crippen LogP contribution in [0, 0.1) is 6.92 Å². The monoisotopic (exact) mass is 395 g/mol. The van der Waals surface area contributed by atoms with E-state index in [1.165, 1.54) is 29.7 Å². The molecule has 156 valence electrons. The van der Waals surface area contributed by atoms with Gasteiger partial charge in [0, 0.05) is 43.3 Å². The van der Waals surface area contributed by atoms with Gasteiger partial charge in [0.25, 0.3) is 5.91 Å². The number of nitrogens with one attached hydrogen (secondary N) is 1. The molecule has 1 amide bonds. The van der Waals surface area contributed by atoms with Crippen molar-refractivity contribution in [2.24, 2.45) is 0 Å². The van der Waals surface area contributed by atoms with E-state index in [1.807, 2.05) is 6.07 Å². The summed E-state index contributed by atoms with van der Waals surface area (Å²) in [4.78, 5) is 17.7. The van der Waals surface area contributed by atoms with Gasteiger partial charge in [-0.3, -0.25) is 9.69 Å². The van der Waals surface area contributed by atoms with Crippen LogP contribution in [0.25, 0.3) is 0 Å². The van der Waals surface area contributed by atoms with Crippen LogP contribution in [0.4, 0.5) is 5.69 Å². The predicted molar refractivity (Wildman–Crippen MR) is 116 cm³/mol. The number of furan rings is 1. The fourth-order valence-corrected chi connectivity index (χ4v) is 4.56. The molecule has 0 unspecified atom stereocenters. The van der Waals surface area contributed by atoms with Gasteiger partial charge in [0.2, 0.25) is 0 Å². The van der Waals surface area contributed by atoms with Gasteiger partial charge in [0.05, 0.1) is 0 Å². The van der Waals surface area contributed by atoms with Gasteiger partial charge in [-0.1, -0.05) is 19.1 Å². The summed E-state index contributed by atoms with van der Waals surface area (Å²) in [5, 5.41) is 3.20. The van der Waals surface area contributed by atoms with Crippen molar-refractivity contribution < 1.29 is 9.21 Å². The Kier molecular flexibility index (Phi) is 6.24. The molecule has 3 heterocycles. The molecule has 2 saturated heterocycles. The third-order valence-corrected chi connectivity index (χ3v) is 6.23. The normalized spacial score (nSPS) is 18.3. The summed E-state index contributed by atoms with van der Waals surface area (Å²) in [6.07, 6.45) is 5.29. The molecule has 2 aliphatic rings. The lowest BCUT2D eigenvalue weighted by molar-refractivity contribution is 0.0901. The quantitative estimate of drug-likeness (QED) is 0.798. The fraction of sp³-hybridized carbons (Fsp3) is 0.542. The minimum absolute atomic E-state index is 0.0682. The van der Waals surface area contributed by atoms with Crippen molar-refractivity contribution in [3.05, 3.63) is 53.0 Å². The second kappa shape index (κ2) is 9.04. The number of carbonyl (C=O) groups is 1. The van der Waals surface area contributed by atoms with Crippen LogP contribution in [0.1, 0.15) is 60.0 Å². The first-order valence-corrected chi connectivity index (χ1v) is 11.1. The van der Waals surface area contributed by atoms with E-state index >= 15 is 0 Å². The Balaban J connectivity index is 1.33. The Bertz CT molecular complexity index is 830. The lowest BCUT2D eigenvalue weighted by Crippen LogP contribution is -2.44. The second-order valence-corrected chi connectivity index (χ2v) is 8.47. The number of amides is 1. The van der Waals surface area contributed by atoms with E-state index < -0.39 is 0 Å². The highest BCUT2D eigenvalue weighted by molar-refractivity contribution is 5.92. The summed E-state index contributed by atoms with van der Waals surface area (Å²) >= 11 is 0. The molecule has 0 radical (unpaired) electrons. The summed E-state index contributed by atoms with van der Waals surface area (Å²) in [5.41, 5.74) is 3.74. The predicted octanol–water partition coefficient (Wildman–Crippen LogP) is 4.15. The molecule has 29 heavy (non-hydrogen) atoms. The van der Waals surface area contributed by atoms with Crippen molar-refractivity contribution in [2.45, 2.75) is 58.5 Å². The SMILES string of the molecule is CCc1oc(C(=O)NC2CCN(c3cccc(C)c3)CC2)cc1CN1CCCC1. The average Bonchev–Trinajstić information content (AvgIpc) is 3.39. The van der Waals surface area contributed by atoms with E-state index in [-0.39, 0.29) is 11.9 Å². The van der Waals surface area contributed by atoms with Crippen LogP contribution < -0.4 is 10.2 Å². The molecule has 0 spiro atoms. The molecule has 2 aliphatic heterocycles. The van der Waals surface area contributed by atoms with Gasteiger partial charge >= 0.3 is 0 Å². The van der Waals surface area contributed by atoms with Crippen molar-refractivity contribution in [1.82, 2.24) is 10.2 Å². The number of likely N-dealkylation sites (tertiary alicyclic amines) is 1. The van der Waals surface area contributed by atoms with Gasteiger partial charge in [-0.25, -0.2) is 0 Å². The number of benzene rings is 1. The second-order valence-electron chi connectivity index (χ2n) is 8.47. The molecule has 0 saturated carbocycles. The summed E-state index contributed by atoms with van der Waals surface area (Å²) in [7, 11) is 0. The van der Waals surface area contributed by atoms with E-state index in [4.69, 9.17) is 4.42 Å². The molecular formula is C24H33N3O2. The Morgan fingerprint density at radius 1 is 1.14 bits per heavy atom. The first-order chi connectivity index (χ1) is 14.1. The molecule has 0 atom stereocenters. The lowest BCUT2D eigenvalue weighted by Gasteiger charge is -2.34. The maximum Gasteiger partial charge on any atom is 0.287 e. The number of anilines is 1. The van der Waals surface area contributed by atoms with Gasteiger partial charge < -0.3 is 14.6 Å². The Morgan fingerprint density at radius 2 is 1.90 bits per heavy atom. The minimum atomic E-state index is -0.0682. The summed E-state index contributed by atoms with van der Waals surface area (Å²) in [5.74, 6) is 1.36. The van der Waals surface area contributed by atoms with E-state index in [1.54, 1.807) is 0 Å². The standard InChI is InChI=1S/C24H33N3O2/c1-3-22-19(17-26-11-4-5-12-26)16-23(29-22)24(28)25-20-9-13-27(14-10-20)21-8-6-7-18(2)15-21/h6-8,15-16,20H,3-5,9-14,17H2,1-2H3,(H,25,28). The third-order valence-electron chi connectivity index (χ3n) is 6.23. The van der Waals surface area contributed by atoms with Crippen LogP contribution in [0.15, 0.2) is 34.7 Å². The van der Waals surface area contributed by atoms with E-state index in [0.717, 1.165) is 57.7 Å². The first-order valence-electron chi connectivity index (χ1n) is 11.1. The minimum Gasteiger partial charge on any atom is -0.456 e. The van der Waals surface area contributed by atoms with Gasteiger partial charge in [-0.2, -0.15) is 0 Å². The molecule has 0 bridgehead atoms. The van der Waals surface area contributed by atoms with Crippen molar-refractivity contribution in [3.63, 3.8) is 0 Å². The molecule has 0 aliphatic carbocycles. The molecular weight excluding hydrogens is 362 g/mol. The summed E-state index contributed by atoms with van der Waals surface area (Å²) in [6, 6.07) is 10.8. The Hall–Kier alpha value is -2.27. The Labute approximate surface area is 174 Å². The number of hydrogen-bond donors (Lipinski definition) is 1. The van der Waals surface area contributed by atoms with Crippen LogP contribution in [0.3, 0.4) is 0 Å². The molecule has 1 aromatic heterocycles. The van der Waals surface area contributed by atoms with Gasteiger partial charge in [0.1, 0.15) is 5.76 Å². The highest BCUT2D eigenvalue weighted by Gasteiger charge is 2.24. The van der Waals surface area contributed by atoms with Crippen molar-refractivity contribution in [2.75, 3.05) is 31.1 Å². The van der Waals surface area contributed by atoms with Crippen molar-refractivity contribution in [1.29, 1.82) is 0 Å². The maximum atomic E-state index is 12.8. The zero-order valence-electron chi connectivity index (χ0n) is 17.7. The molecule has 2 fully saturated rings. The number of rotatable bonds is 6. The molecule has 2 aromatic rings. The highest BCUT2D eigenvalue weighted by Crippen LogP contribution is 2.23. The van der Waals surface area contributed by atoms with Crippen molar-refractivity contribution in [3.8, 4) is 0 Å². The lowest BCUT2D eigenvalue weighted by atomic mass is 10.0. The Morgan fingerprint density at radius 3 is 2.59 bits per heavy atom. The molecule has 1 aromatic carbocycles. The number of aryl methyl sites for hydroxylation is 2. The molecule has 5 nitrogen and oxygen atoms in total. The van der Waals surface area contributed by atoms with Crippen LogP contribution in [0.5, 0.6) is 0 Å². The van der Waals surface area contributed by atoms with Crippen LogP contribution >= 0.6 is 0 Å². The average molecular weight is 396 g/mol. The van der Waals surface area contributed by atoms with Crippen LogP contribution in [-0.2, 0) is 13.0 Å². The molecule has 4 rings (SSSR count). The number of hydrogen-bond acceptors (Lipinski definition) is 4. The maximum absolute atomic E-state index is 12.8. The highest BCUT2D eigenvalue weighted by atomic mass is 16.4. The zero-order valence-corrected chi connectivity index (χ0v) is 17.7. The van der Waals surface area contributed by atoms with Crippen LogP contribution in [-0.4, -0.2) is 43.0 Å². The fourth-order valence-electron chi connectivity index (χ4n) is 4.56. The van der Waals surface area contributed by atoms with Gasteiger partial charge in [0.15, 0.2) is 5.76 Å². The number of nitrogens with zero attached hydrogens (tertiary/aromatic N) is 2. The van der Waals surface area contributed by atoms with E-state index in [2.05, 4.69) is 53.2 Å². The third kappa shape index (κ3) is 4.84. The largest absolute Gasteiger partial charge is 0.456 e. The molecule has 1 N–H and O–H groups in total. The van der Waals surface area contributed by atoms with E-state index in [0.29, 0.717) is 5.76 Å². The first kappa shape index (κ1) is 20.0. The zero-order chi connectivity index (χ0) is 20.2.